The van der Waals surface area contributed by atoms with Crippen molar-refractivity contribution in [1.82, 2.24) is 10.0 Å². The quantitative estimate of drug-likeness (QED) is 0.519. The van der Waals surface area contributed by atoms with E-state index in [0.29, 0.717) is 40.4 Å². The van der Waals surface area contributed by atoms with Gasteiger partial charge in [-0.3, -0.25) is 19.4 Å². The fourth-order valence-corrected chi connectivity index (χ4v) is 6.05. The predicted molar refractivity (Wildman–Crippen MR) is 126 cm³/mol. The zero-order valence-electron chi connectivity index (χ0n) is 18.4. The van der Waals surface area contributed by atoms with Crippen molar-refractivity contribution in [2.24, 2.45) is 5.41 Å². The number of methoxy groups -OCH3 is 1. The number of carbonyl (C=O) groups is 3. The molecule has 0 unspecified atom stereocenters. The summed E-state index contributed by atoms with van der Waals surface area (Å²) < 4.78 is 5.44. The van der Waals surface area contributed by atoms with Gasteiger partial charge in [0.1, 0.15) is 11.2 Å². The molecule has 1 amide bonds. The Morgan fingerprint density at radius 3 is 2.18 bits per heavy atom. The predicted octanol–water partition coefficient (Wildman–Crippen LogP) is 4.66. The first-order valence-electron chi connectivity index (χ1n) is 11.1. The average molecular weight is 473 g/mol. The normalized spacial score (nSPS) is 23.0. The summed E-state index contributed by atoms with van der Waals surface area (Å²) in [5.74, 6) is -0.0393. The molecule has 6 rings (SSSR count). The number of ketones is 2. The van der Waals surface area contributed by atoms with Gasteiger partial charge in [-0.1, -0.05) is 60.1 Å². The van der Waals surface area contributed by atoms with Crippen molar-refractivity contribution in [3.05, 3.63) is 100 Å². The second-order valence-corrected chi connectivity index (χ2v) is 9.29. The van der Waals surface area contributed by atoms with Crippen LogP contribution in [0.2, 0.25) is 5.02 Å². The molecule has 2 heterocycles. The van der Waals surface area contributed by atoms with Crippen LogP contribution in [0.4, 0.5) is 0 Å². The zero-order valence-corrected chi connectivity index (χ0v) is 19.2. The van der Waals surface area contributed by atoms with Gasteiger partial charge < -0.3 is 4.74 Å². The summed E-state index contributed by atoms with van der Waals surface area (Å²) in [4.78, 5) is 41.9. The molecule has 0 N–H and O–H groups in total. The Hall–Kier alpha value is -3.48. The number of fused-ring (bicyclic) bond motifs is 2. The number of benzene rings is 3. The highest BCUT2D eigenvalue weighted by Crippen LogP contribution is 2.63. The summed E-state index contributed by atoms with van der Waals surface area (Å²) >= 11 is 6.17. The Morgan fingerprint density at radius 1 is 0.853 bits per heavy atom. The summed E-state index contributed by atoms with van der Waals surface area (Å²) in [6.45, 7) is 0.422. The minimum atomic E-state index is -1.53. The number of hydrogen-bond donors (Lipinski definition) is 0. The molecule has 1 spiro atoms. The molecule has 2 saturated heterocycles. The summed E-state index contributed by atoms with van der Waals surface area (Å²) in [6, 6.07) is 20.0. The molecule has 0 bridgehead atoms. The molecule has 6 nitrogen and oxygen atoms in total. The topological polar surface area (TPSA) is 66.9 Å². The third-order valence-electron chi connectivity index (χ3n) is 7.26. The van der Waals surface area contributed by atoms with Crippen molar-refractivity contribution < 1.29 is 19.1 Å². The van der Waals surface area contributed by atoms with Crippen LogP contribution in [0.1, 0.15) is 50.3 Å². The maximum atomic E-state index is 14.3. The van der Waals surface area contributed by atoms with Crippen LogP contribution in [-0.2, 0) is 4.79 Å². The van der Waals surface area contributed by atoms with E-state index in [2.05, 4.69) is 0 Å². The highest BCUT2D eigenvalue weighted by atomic mass is 35.5. The molecule has 2 atom stereocenters. The van der Waals surface area contributed by atoms with Crippen LogP contribution in [0.5, 0.6) is 5.75 Å². The van der Waals surface area contributed by atoms with Crippen molar-refractivity contribution >= 4 is 29.1 Å². The molecule has 3 aliphatic rings. The van der Waals surface area contributed by atoms with Gasteiger partial charge in [0.15, 0.2) is 11.6 Å². The van der Waals surface area contributed by atoms with Crippen LogP contribution in [0.15, 0.2) is 72.8 Å². The van der Waals surface area contributed by atoms with Gasteiger partial charge in [0.05, 0.1) is 19.2 Å². The molecular formula is C27H21ClN2O4. The summed E-state index contributed by atoms with van der Waals surface area (Å²) in [5, 5.41) is 4.09. The lowest BCUT2D eigenvalue weighted by Gasteiger charge is -2.34. The molecule has 34 heavy (non-hydrogen) atoms. The van der Waals surface area contributed by atoms with Gasteiger partial charge in [-0.25, -0.2) is 5.01 Å². The fraction of sp³-hybridized carbons (Fsp3) is 0.222. The third-order valence-corrected chi connectivity index (χ3v) is 7.51. The van der Waals surface area contributed by atoms with E-state index in [-0.39, 0.29) is 17.5 Å². The lowest BCUT2D eigenvalue weighted by atomic mass is 9.67. The van der Waals surface area contributed by atoms with Gasteiger partial charge >= 0.3 is 0 Å². The molecule has 1 aliphatic carbocycles. The molecule has 3 aromatic rings. The lowest BCUT2D eigenvalue weighted by molar-refractivity contribution is -0.138. The number of ether oxygens (including phenoxy) is 1. The van der Waals surface area contributed by atoms with Gasteiger partial charge in [0, 0.05) is 29.1 Å². The van der Waals surface area contributed by atoms with Crippen LogP contribution >= 0.6 is 11.6 Å². The Balaban J connectivity index is 1.67. The Morgan fingerprint density at radius 2 is 1.53 bits per heavy atom. The standard InChI is InChI=1S/C27H21ClN2O4/c1-34-19-6-4-5-17(15-19)24-27(25(32)20-7-2-3-8-21(20)26(27)33)23(16-9-11-18(28)12-10-16)29-14-13-22(31)30(24)29/h2-12,15,23-24H,13-14H2,1H3/t23-,24+/m1/s1. The van der Waals surface area contributed by atoms with Crippen molar-refractivity contribution in [3.8, 4) is 5.75 Å². The molecule has 170 valence electrons. The van der Waals surface area contributed by atoms with Crippen LogP contribution in [0, 0.1) is 5.41 Å². The Kier molecular flexibility index (Phi) is 4.66. The number of amides is 1. The van der Waals surface area contributed by atoms with E-state index in [9.17, 15) is 14.4 Å². The smallest absolute Gasteiger partial charge is 0.238 e. The van der Waals surface area contributed by atoms with E-state index in [0.717, 1.165) is 5.56 Å². The first kappa shape index (κ1) is 21.1. The van der Waals surface area contributed by atoms with Gasteiger partial charge in [-0.05, 0) is 35.4 Å². The molecule has 2 fully saturated rings. The number of rotatable bonds is 3. The van der Waals surface area contributed by atoms with Gasteiger partial charge in [0.25, 0.3) is 0 Å². The maximum absolute atomic E-state index is 14.3. The third kappa shape index (κ3) is 2.64. The maximum Gasteiger partial charge on any atom is 0.238 e. The molecule has 0 radical (unpaired) electrons. The largest absolute Gasteiger partial charge is 0.497 e. The number of carbonyl (C=O) groups excluding carboxylic acids is 3. The van der Waals surface area contributed by atoms with E-state index in [1.54, 1.807) is 54.6 Å². The molecule has 2 aliphatic heterocycles. The Bertz CT molecular complexity index is 1320. The monoisotopic (exact) mass is 472 g/mol. The summed E-state index contributed by atoms with van der Waals surface area (Å²) in [7, 11) is 1.56. The van der Waals surface area contributed by atoms with Gasteiger partial charge in [-0.15, -0.1) is 0 Å². The molecule has 0 saturated carbocycles. The number of halogens is 1. The first-order valence-corrected chi connectivity index (χ1v) is 11.5. The fourth-order valence-electron chi connectivity index (χ4n) is 5.92. The first-order chi connectivity index (χ1) is 16.5. The van der Waals surface area contributed by atoms with E-state index in [4.69, 9.17) is 16.3 Å². The van der Waals surface area contributed by atoms with E-state index >= 15 is 0 Å². The van der Waals surface area contributed by atoms with Gasteiger partial charge in [0.2, 0.25) is 5.91 Å². The van der Waals surface area contributed by atoms with Crippen molar-refractivity contribution in [3.63, 3.8) is 0 Å². The van der Waals surface area contributed by atoms with Crippen LogP contribution in [0.3, 0.4) is 0 Å². The number of hydrogen-bond acceptors (Lipinski definition) is 5. The van der Waals surface area contributed by atoms with E-state index in [1.165, 1.54) is 0 Å². The SMILES string of the molecule is COc1cccc([C@@H]2N3C(=O)CCN3[C@H](c3ccc(Cl)cc3)C23C(=O)c2ccccc2C3=O)c1. The van der Waals surface area contributed by atoms with E-state index in [1.807, 2.05) is 35.3 Å². The summed E-state index contributed by atoms with van der Waals surface area (Å²) in [5.41, 5.74) is 0.720. The van der Waals surface area contributed by atoms with Gasteiger partial charge in [-0.2, -0.15) is 0 Å². The minimum absolute atomic E-state index is 0.111. The average Bonchev–Trinajstić information content (AvgIpc) is 3.45. The molecular weight excluding hydrogens is 452 g/mol. The van der Waals surface area contributed by atoms with Crippen molar-refractivity contribution in [2.45, 2.75) is 18.5 Å². The van der Waals surface area contributed by atoms with Crippen molar-refractivity contribution in [2.75, 3.05) is 13.7 Å². The highest BCUT2D eigenvalue weighted by molar-refractivity contribution is 6.31. The lowest BCUT2D eigenvalue weighted by Crippen LogP contribution is -2.44. The second-order valence-electron chi connectivity index (χ2n) is 8.86. The number of nitrogens with zero attached hydrogens (tertiary/aromatic N) is 2. The van der Waals surface area contributed by atoms with E-state index < -0.39 is 17.5 Å². The number of Topliss-reactive ketones (excluding diaryl/α,β-unsaturated/α-hetero) is 2. The minimum Gasteiger partial charge on any atom is -0.497 e. The highest BCUT2D eigenvalue weighted by Gasteiger charge is 2.72. The zero-order chi connectivity index (χ0) is 23.6. The summed E-state index contributed by atoms with van der Waals surface area (Å²) in [6.07, 6.45) is 0.315. The molecule has 7 heteroatoms. The second kappa shape index (κ2) is 7.52. The van der Waals surface area contributed by atoms with Crippen LogP contribution < -0.4 is 4.74 Å². The number of hydrazine groups is 1. The molecule has 3 aromatic carbocycles. The van der Waals surface area contributed by atoms with Crippen molar-refractivity contribution in [1.29, 1.82) is 0 Å². The molecule has 0 aromatic heterocycles. The van der Waals surface area contributed by atoms with Crippen LogP contribution in [0.25, 0.3) is 0 Å². The van der Waals surface area contributed by atoms with Crippen LogP contribution in [-0.4, -0.2) is 41.1 Å². The Labute approximate surface area is 201 Å².